The second-order valence-corrected chi connectivity index (χ2v) is 4.11. The molecule has 0 aromatic heterocycles. The lowest BCUT2D eigenvalue weighted by atomic mass is 9.90. The molecule has 2 nitrogen and oxygen atoms in total. The third kappa shape index (κ3) is 2.61. The Kier molecular flexibility index (Phi) is 2.93. The van der Waals surface area contributed by atoms with Crippen molar-refractivity contribution in [3.63, 3.8) is 0 Å². The highest BCUT2D eigenvalue weighted by Gasteiger charge is 2.19. The molecule has 0 heterocycles. The zero-order valence-electron chi connectivity index (χ0n) is 9.14. The molecule has 1 aromatic carbocycles. The number of nitrogens with two attached hydrogens (primary N) is 2. The van der Waals surface area contributed by atoms with E-state index in [9.17, 15) is 0 Å². The van der Waals surface area contributed by atoms with Gasteiger partial charge in [0.1, 0.15) is 0 Å². The van der Waals surface area contributed by atoms with Crippen molar-refractivity contribution in [1.29, 1.82) is 0 Å². The molecule has 16 heavy (non-hydrogen) atoms. The van der Waals surface area contributed by atoms with Crippen LogP contribution < -0.4 is 11.5 Å². The Labute approximate surface area is 96.0 Å². The molecule has 82 valence electrons. The van der Waals surface area contributed by atoms with Gasteiger partial charge in [-0.05, 0) is 24.1 Å². The lowest BCUT2D eigenvalue weighted by Crippen LogP contribution is -2.36. The minimum Gasteiger partial charge on any atom is -0.399 e. The molecule has 0 radical (unpaired) electrons. The highest BCUT2D eigenvalue weighted by molar-refractivity contribution is 5.52. The van der Waals surface area contributed by atoms with Crippen molar-refractivity contribution < 1.29 is 0 Å². The average molecular weight is 212 g/mol. The van der Waals surface area contributed by atoms with Crippen molar-refractivity contribution in [2.75, 3.05) is 0 Å². The van der Waals surface area contributed by atoms with Crippen LogP contribution in [-0.2, 0) is 0 Å². The van der Waals surface area contributed by atoms with Gasteiger partial charge in [0.05, 0.1) is 5.54 Å². The molecule has 1 unspecified atom stereocenters. The van der Waals surface area contributed by atoms with Gasteiger partial charge in [0.15, 0.2) is 0 Å². The number of rotatable bonds is 2. The SMILES string of the molecule is NC1=CC(N)(C=Cc2ccccc2)CC=C1. The number of hydrogen-bond donors (Lipinski definition) is 2. The van der Waals surface area contributed by atoms with Gasteiger partial charge in [-0.2, -0.15) is 0 Å². The molecule has 1 aliphatic carbocycles. The molecule has 0 aliphatic heterocycles. The third-order valence-electron chi connectivity index (χ3n) is 2.60. The molecule has 0 spiro atoms. The van der Waals surface area contributed by atoms with Crippen LogP contribution >= 0.6 is 0 Å². The van der Waals surface area contributed by atoms with Crippen LogP contribution in [0.1, 0.15) is 12.0 Å². The molecule has 0 bridgehead atoms. The minimum atomic E-state index is -0.450. The van der Waals surface area contributed by atoms with Crippen molar-refractivity contribution in [1.82, 2.24) is 0 Å². The van der Waals surface area contributed by atoms with Crippen molar-refractivity contribution in [3.8, 4) is 0 Å². The second kappa shape index (κ2) is 4.37. The number of allylic oxidation sites excluding steroid dienone is 1. The van der Waals surface area contributed by atoms with Crippen LogP contribution in [0.15, 0.2) is 60.3 Å². The van der Waals surface area contributed by atoms with Gasteiger partial charge in [0, 0.05) is 5.70 Å². The quantitative estimate of drug-likeness (QED) is 0.789. The smallest absolute Gasteiger partial charge is 0.0586 e. The van der Waals surface area contributed by atoms with E-state index in [0.717, 1.165) is 17.7 Å². The first-order chi connectivity index (χ1) is 7.68. The molecular formula is C14H16N2. The van der Waals surface area contributed by atoms with E-state index in [1.165, 1.54) is 0 Å². The van der Waals surface area contributed by atoms with Crippen LogP contribution in [0.4, 0.5) is 0 Å². The molecule has 0 fully saturated rings. The average Bonchev–Trinajstić information content (AvgIpc) is 2.28. The number of hydrogen-bond acceptors (Lipinski definition) is 2. The largest absolute Gasteiger partial charge is 0.399 e. The molecule has 0 saturated carbocycles. The Bertz CT molecular complexity index is 443. The Morgan fingerprint density at radius 3 is 2.62 bits per heavy atom. The van der Waals surface area contributed by atoms with Crippen LogP contribution in [-0.4, -0.2) is 5.54 Å². The van der Waals surface area contributed by atoms with Crippen molar-refractivity contribution in [2.24, 2.45) is 11.5 Å². The van der Waals surface area contributed by atoms with E-state index in [1.54, 1.807) is 0 Å². The summed E-state index contributed by atoms with van der Waals surface area (Å²) < 4.78 is 0. The summed E-state index contributed by atoms with van der Waals surface area (Å²) in [6, 6.07) is 10.1. The fraction of sp³-hybridized carbons (Fsp3) is 0.143. The molecule has 0 saturated heterocycles. The lowest BCUT2D eigenvalue weighted by Gasteiger charge is -2.23. The van der Waals surface area contributed by atoms with Gasteiger partial charge in [-0.1, -0.05) is 48.6 Å². The minimum absolute atomic E-state index is 0.450. The highest BCUT2D eigenvalue weighted by atomic mass is 14.7. The predicted molar refractivity (Wildman–Crippen MR) is 68.4 cm³/mol. The van der Waals surface area contributed by atoms with E-state index in [-0.39, 0.29) is 0 Å². The Balaban J connectivity index is 2.16. The van der Waals surface area contributed by atoms with Crippen LogP contribution in [0, 0.1) is 0 Å². The molecule has 2 heteroatoms. The van der Waals surface area contributed by atoms with Gasteiger partial charge in [-0.3, -0.25) is 0 Å². The summed E-state index contributed by atoms with van der Waals surface area (Å²) in [5.41, 5.74) is 13.4. The van der Waals surface area contributed by atoms with E-state index < -0.39 is 5.54 Å². The highest BCUT2D eigenvalue weighted by Crippen LogP contribution is 2.19. The summed E-state index contributed by atoms with van der Waals surface area (Å²) in [5.74, 6) is 0. The first-order valence-corrected chi connectivity index (χ1v) is 5.36. The van der Waals surface area contributed by atoms with Crippen LogP contribution in [0.2, 0.25) is 0 Å². The summed E-state index contributed by atoms with van der Waals surface area (Å²) >= 11 is 0. The summed E-state index contributed by atoms with van der Waals surface area (Å²) in [4.78, 5) is 0. The summed E-state index contributed by atoms with van der Waals surface area (Å²) in [7, 11) is 0. The summed E-state index contributed by atoms with van der Waals surface area (Å²) in [6.45, 7) is 0. The van der Waals surface area contributed by atoms with E-state index in [1.807, 2.05) is 60.7 Å². The molecule has 4 N–H and O–H groups in total. The Hall–Kier alpha value is -1.80. The first-order valence-electron chi connectivity index (χ1n) is 5.36. The summed E-state index contributed by atoms with van der Waals surface area (Å²) in [6.07, 6.45) is 10.6. The van der Waals surface area contributed by atoms with Gasteiger partial charge >= 0.3 is 0 Å². The van der Waals surface area contributed by atoms with Crippen molar-refractivity contribution in [3.05, 3.63) is 65.9 Å². The van der Waals surface area contributed by atoms with E-state index in [0.29, 0.717) is 0 Å². The van der Waals surface area contributed by atoms with Gasteiger partial charge < -0.3 is 11.5 Å². The molecular weight excluding hydrogens is 196 g/mol. The van der Waals surface area contributed by atoms with E-state index >= 15 is 0 Å². The summed E-state index contributed by atoms with van der Waals surface area (Å²) in [5, 5.41) is 0. The van der Waals surface area contributed by atoms with Crippen LogP contribution in [0.5, 0.6) is 0 Å². The zero-order valence-corrected chi connectivity index (χ0v) is 9.14. The zero-order chi connectivity index (χ0) is 11.4. The molecule has 1 atom stereocenters. The fourth-order valence-corrected chi connectivity index (χ4v) is 1.75. The molecule has 0 amide bonds. The fourth-order valence-electron chi connectivity index (χ4n) is 1.75. The van der Waals surface area contributed by atoms with E-state index in [4.69, 9.17) is 11.5 Å². The van der Waals surface area contributed by atoms with Crippen molar-refractivity contribution >= 4 is 6.08 Å². The molecule has 1 aromatic rings. The normalized spacial score (nSPS) is 24.7. The lowest BCUT2D eigenvalue weighted by molar-refractivity contribution is 0.656. The second-order valence-electron chi connectivity index (χ2n) is 4.11. The predicted octanol–water partition coefficient (Wildman–Crippen LogP) is 2.20. The Morgan fingerprint density at radius 2 is 1.94 bits per heavy atom. The van der Waals surface area contributed by atoms with Gasteiger partial charge in [0.25, 0.3) is 0 Å². The maximum absolute atomic E-state index is 6.20. The van der Waals surface area contributed by atoms with Gasteiger partial charge in [0.2, 0.25) is 0 Å². The maximum Gasteiger partial charge on any atom is 0.0586 e. The topological polar surface area (TPSA) is 52.0 Å². The van der Waals surface area contributed by atoms with Crippen LogP contribution in [0.25, 0.3) is 6.08 Å². The van der Waals surface area contributed by atoms with Crippen molar-refractivity contribution in [2.45, 2.75) is 12.0 Å². The molecule has 2 rings (SSSR count). The maximum atomic E-state index is 6.20. The van der Waals surface area contributed by atoms with Crippen LogP contribution in [0.3, 0.4) is 0 Å². The monoisotopic (exact) mass is 212 g/mol. The first kappa shape index (κ1) is 10.7. The standard InChI is InChI=1S/C14H16N2/c15-13-7-4-9-14(16,11-13)10-8-12-5-2-1-3-6-12/h1-8,10-11H,9,15-16H2. The van der Waals surface area contributed by atoms with E-state index in [2.05, 4.69) is 0 Å². The molecule has 1 aliphatic rings. The van der Waals surface area contributed by atoms with Gasteiger partial charge in [-0.15, -0.1) is 0 Å². The third-order valence-corrected chi connectivity index (χ3v) is 2.60. The number of benzene rings is 1. The van der Waals surface area contributed by atoms with Gasteiger partial charge in [-0.25, -0.2) is 0 Å². The Morgan fingerprint density at radius 1 is 1.19 bits per heavy atom.